The number of carbonyl (C=O) groups excluding carboxylic acids is 1. The molecule has 0 saturated carbocycles. The lowest BCUT2D eigenvalue weighted by Gasteiger charge is -2.11. The Balaban J connectivity index is 2.17. The number of aliphatic hydroxyl groups is 2. The van der Waals surface area contributed by atoms with Crippen LogP contribution >= 0.6 is 0 Å². The number of benzene rings is 2. The molecule has 0 spiro atoms. The Morgan fingerprint density at radius 1 is 1.00 bits per heavy atom. The van der Waals surface area contributed by atoms with E-state index in [0.717, 1.165) is 11.1 Å². The topological polar surface area (TPSA) is 66.8 Å². The average molecular weight is 388 g/mol. The van der Waals surface area contributed by atoms with Crippen LogP contribution in [-0.4, -0.2) is 35.5 Å². The van der Waals surface area contributed by atoms with Crippen molar-refractivity contribution in [3.8, 4) is 0 Å². The average Bonchev–Trinajstić information content (AvgIpc) is 2.67. The quantitative estimate of drug-likeness (QED) is 0.535. The zero-order valence-electron chi connectivity index (χ0n) is 15.4. The lowest BCUT2D eigenvalue weighted by atomic mass is 9.97. The molecule has 6 heteroatoms. The predicted octanol–water partition coefficient (Wildman–Crippen LogP) is 3.63. The van der Waals surface area contributed by atoms with Gasteiger partial charge in [-0.05, 0) is 41.0 Å². The Morgan fingerprint density at radius 2 is 1.50 bits per heavy atom. The number of hydrogen-bond donors (Lipinski definition) is 2. The molecule has 2 atom stereocenters. The van der Waals surface area contributed by atoms with Gasteiger partial charge in [-0.1, -0.05) is 42.5 Å². The first kappa shape index (κ1) is 21.5. The molecule has 0 saturated heterocycles. The zero-order valence-corrected chi connectivity index (χ0v) is 15.4. The third-order valence-electron chi connectivity index (χ3n) is 4.05. The van der Waals surface area contributed by atoms with Crippen molar-refractivity contribution >= 4 is 11.5 Å². The number of methoxy groups -OCH3 is 1. The standard InChI is InChI=1S/C22H22F2O4/c1-28-22(27)14-20(26)13-19(25)3-2-4-21(15-5-9-17(23)10-6-15)16-7-11-18(24)12-8-16/h2-12,19-20,25-26H,13-14H2,1H3/b3-2+/t19-,20-/m1/s1. The van der Waals surface area contributed by atoms with E-state index in [2.05, 4.69) is 4.74 Å². The van der Waals surface area contributed by atoms with Crippen molar-refractivity contribution in [3.63, 3.8) is 0 Å². The van der Waals surface area contributed by atoms with Crippen LogP contribution in [-0.2, 0) is 9.53 Å². The molecule has 28 heavy (non-hydrogen) atoms. The summed E-state index contributed by atoms with van der Waals surface area (Å²) in [7, 11) is 1.22. The van der Waals surface area contributed by atoms with E-state index in [-0.39, 0.29) is 24.5 Å². The van der Waals surface area contributed by atoms with Crippen LogP contribution in [0.5, 0.6) is 0 Å². The maximum Gasteiger partial charge on any atom is 0.308 e. The van der Waals surface area contributed by atoms with Gasteiger partial charge in [-0.2, -0.15) is 0 Å². The summed E-state index contributed by atoms with van der Waals surface area (Å²) in [4.78, 5) is 11.1. The van der Waals surface area contributed by atoms with Crippen molar-refractivity contribution in [1.82, 2.24) is 0 Å². The molecular formula is C22H22F2O4. The largest absolute Gasteiger partial charge is 0.469 e. The maximum atomic E-state index is 13.2. The number of hydrogen-bond acceptors (Lipinski definition) is 4. The summed E-state index contributed by atoms with van der Waals surface area (Å²) in [6, 6.07) is 11.7. The fraction of sp³-hybridized carbons (Fsp3) is 0.227. The Kier molecular flexibility index (Phi) is 8.04. The van der Waals surface area contributed by atoms with Crippen molar-refractivity contribution in [2.45, 2.75) is 25.0 Å². The number of carbonyl (C=O) groups is 1. The molecule has 0 aliphatic heterocycles. The smallest absolute Gasteiger partial charge is 0.308 e. The minimum absolute atomic E-state index is 0.0259. The summed E-state index contributed by atoms with van der Waals surface area (Å²) >= 11 is 0. The molecule has 0 heterocycles. The van der Waals surface area contributed by atoms with E-state index in [0.29, 0.717) is 5.57 Å². The summed E-state index contributed by atoms with van der Waals surface area (Å²) < 4.78 is 30.9. The van der Waals surface area contributed by atoms with Gasteiger partial charge in [0.2, 0.25) is 0 Å². The summed E-state index contributed by atoms with van der Waals surface area (Å²) in [5.41, 5.74) is 2.15. The minimum atomic E-state index is -1.02. The first-order valence-electron chi connectivity index (χ1n) is 8.72. The monoisotopic (exact) mass is 388 g/mol. The van der Waals surface area contributed by atoms with Crippen LogP contribution < -0.4 is 0 Å². The highest BCUT2D eigenvalue weighted by Gasteiger charge is 2.14. The van der Waals surface area contributed by atoms with Crippen LogP contribution in [0.25, 0.3) is 5.57 Å². The molecule has 0 unspecified atom stereocenters. The lowest BCUT2D eigenvalue weighted by molar-refractivity contribution is -0.143. The molecule has 2 rings (SSSR count). The van der Waals surface area contributed by atoms with Crippen molar-refractivity contribution in [1.29, 1.82) is 0 Å². The van der Waals surface area contributed by atoms with Crippen LogP contribution in [0.4, 0.5) is 8.78 Å². The second-order valence-corrected chi connectivity index (χ2v) is 6.22. The van der Waals surface area contributed by atoms with E-state index in [1.54, 1.807) is 36.4 Å². The molecule has 0 bridgehead atoms. The molecule has 4 nitrogen and oxygen atoms in total. The summed E-state index contributed by atoms with van der Waals surface area (Å²) in [6.45, 7) is 0. The highest BCUT2D eigenvalue weighted by molar-refractivity contribution is 5.80. The van der Waals surface area contributed by atoms with Crippen molar-refractivity contribution < 1.29 is 28.5 Å². The van der Waals surface area contributed by atoms with Crippen molar-refractivity contribution in [3.05, 3.63) is 89.5 Å². The molecular weight excluding hydrogens is 366 g/mol. The van der Waals surface area contributed by atoms with Crippen LogP contribution in [0.1, 0.15) is 24.0 Å². The number of halogens is 2. The van der Waals surface area contributed by atoms with Gasteiger partial charge in [0.15, 0.2) is 0 Å². The molecule has 0 fully saturated rings. The molecule has 148 valence electrons. The highest BCUT2D eigenvalue weighted by Crippen LogP contribution is 2.24. The van der Waals surface area contributed by atoms with Gasteiger partial charge in [0.1, 0.15) is 11.6 Å². The fourth-order valence-corrected chi connectivity index (χ4v) is 2.61. The predicted molar refractivity (Wildman–Crippen MR) is 102 cm³/mol. The van der Waals surface area contributed by atoms with E-state index < -0.39 is 18.2 Å². The molecule has 2 aromatic carbocycles. The molecule has 0 aromatic heterocycles. The first-order chi connectivity index (χ1) is 13.4. The number of esters is 1. The Labute approximate surface area is 162 Å². The van der Waals surface area contributed by atoms with E-state index in [4.69, 9.17) is 0 Å². The number of aliphatic hydroxyl groups excluding tert-OH is 2. The number of ether oxygens (including phenoxy) is 1. The molecule has 0 radical (unpaired) electrons. The second-order valence-electron chi connectivity index (χ2n) is 6.22. The van der Waals surface area contributed by atoms with E-state index >= 15 is 0 Å². The summed E-state index contributed by atoms with van der Waals surface area (Å²) in [5.74, 6) is -1.29. The van der Waals surface area contributed by atoms with Gasteiger partial charge >= 0.3 is 5.97 Å². The number of allylic oxidation sites excluding steroid dienone is 2. The van der Waals surface area contributed by atoms with Gasteiger partial charge < -0.3 is 14.9 Å². The van der Waals surface area contributed by atoms with Gasteiger partial charge in [-0.3, -0.25) is 4.79 Å². The van der Waals surface area contributed by atoms with Crippen LogP contribution in [0.2, 0.25) is 0 Å². The first-order valence-corrected chi connectivity index (χ1v) is 8.72. The van der Waals surface area contributed by atoms with E-state index in [1.807, 2.05) is 0 Å². The molecule has 2 N–H and O–H groups in total. The van der Waals surface area contributed by atoms with Gasteiger partial charge in [0, 0.05) is 6.42 Å². The summed E-state index contributed by atoms with van der Waals surface area (Å²) in [6.07, 6.45) is 2.54. The van der Waals surface area contributed by atoms with Crippen molar-refractivity contribution in [2.24, 2.45) is 0 Å². The number of rotatable bonds is 8. The van der Waals surface area contributed by atoms with E-state index in [9.17, 15) is 23.8 Å². The normalized spacial score (nSPS) is 13.2. The zero-order chi connectivity index (χ0) is 20.5. The second kappa shape index (κ2) is 10.5. The van der Waals surface area contributed by atoms with Gasteiger partial charge in [0.25, 0.3) is 0 Å². The lowest BCUT2D eigenvalue weighted by Crippen LogP contribution is -2.20. The third-order valence-corrected chi connectivity index (χ3v) is 4.05. The van der Waals surface area contributed by atoms with E-state index in [1.165, 1.54) is 37.5 Å². The van der Waals surface area contributed by atoms with Crippen LogP contribution in [0.3, 0.4) is 0 Å². The maximum absolute atomic E-state index is 13.2. The minimum Gasteiger partial charge on any atom is -0.469 e. The van der Waals surface area contributed by atoms with Crippen LogP contribution in [0.15, 0.2) is 66.8 Å². The van der Waals surface area contributed by atoms with Crippen LogP contribution in [0, 0.1) is 11.6 Å². The highest BCUT2D eigenvalue weighted by atomic mass is 19.1. The Bertz CT molecular complexity index is 779. The molecule has 0 aliphatic carbocycles. The third kappa shape index (κ3) is 6.72. The Morgan fingerprint density at radius 3 is 1.96 bits per heavy atom. The van der Waals surface area contributed by atoms with Gasteiger partial charge in [-0.15, -0.1) is 0 Å². The fourth-order valence-electron chi connectivity index (χ4n) is 2.61. The van der Waals surface area contributed by atoms with Gasteiger partial charge in [-0.25, -0.2) is 8.78 Å². The molecule has 0 aliphatic rings. The summed E-state index contributed by atoms with van der Waals surface area (Å²) in [5, 5.41) is 19.8. The van der Waals surface area contributed by atoms with Gasteiger partial charge in [0.05, 0.1) is 25.7 Å². The Hall–Kier alpha value is -2.83. The molecule has 2 aromatic rings. The van der Waals surface area contributed by atoms with Crippen molar-refractivity contribution in [2.75, 3.05) is 7.11 Å². The molecule has 0 amide bonds. The SMILES string of the molecule is COC(=O)C[C@H](O)C[C@H](O)/C=C/C=C(c1ccc(F)cc1)c1ccc(F)cc1.